The molecule has 2 amide bonds. The molecule has 10 heteroatoms. The van der Waals surface area contributed by atoms with Crippen LogP contribution in [0.1, 0.15) is 35.2 Å². The molecule has 3 saturated carbocycles. The lowest BCUT2D eigenvalue weighted by Gasteiger charge is -2.61. The molecule has 37 heavy (non-hydrogen) atoms. The zero-order valence-electron chi connectivity index (χ0n) is 19.8. The lowest BCUT2D eigenvalue weighted by molar-refractivity contribution is -0.118. The van der Waals surface area contributed by atoms with E-state index in [1.54, 1.807) is 0 Å². The number of hydrogen-bond acceptors (Lipinski definition) is 5. The van der Waals surface area contributed by atoms with Gasteiger partial charge in [-0.25, -0.2) is 17.5 Å². The molecule has 3 aromatic carbocycles. The largest absolute Gasteiger partial charge is 0.506 e. The fourth-order valence-electron chi connectivity index (χ4n) is 4.90. The number of carbonyl (C=O) groups is 2. The van der Waals surface area contributed by atoms with E-state index in [0.717, 1.165) is 43.0 Å². The van der Waals surface area contributed by atoms with Crippen LogP contribution in [0, 0.1) is 11.7 Å². The Morgan fingerprint density at radius 1 is 1.00 bits per heavy atom. The van der Waals surface area contributed by atoms with Gasteiger partial charge in [0.2, 0.25) is 15.9 Å². The molecule has 3 aliphatic rings. The molecule has 8 nitrogen and oxygen atoms in total. The molecular weight excluding hydrogens is 497 g/mol. The van der Waals surface area contributed by atoms with Crippen molar-refractivity contribution in [1.82, 2.24) is 10.0 Å². The Labute approximate surface area is 214 Å². The van der Waals surface area contributed by atoms with Crippen LogP contribution in [0.4, 0.5) is 10.1 Å². The number of rotatable bonds is 9. The predicted octanol–water partition coefficient (Wildman–Crippen LogP) is 3.34. The van der Waals surface area contributed by atoms with Crippen molar-refractivity contribution < 1.29 is 27.5 Å². The van der Waals surface area contributed by atoms with Crippen LogP contribution in [0.25, 0.3) is 0 Å². The van der Waals surface area contributed by atoms with Gasteiger partial charge in [-0.05, 0) is 67.1 Å². The monoisotopic (exact) mass is 523 g/mol. The van der Waals surface area contributed by atoms with Crippen molar-refractivity contribution >= 4 is 27.5 Å². The topological polar surface area (TPSA) is 125 Å². The fourth-order valence-corrected chi connectivity index (χ4v) is 6.41. The molecule has 0 aliphatic heterocycles. The molecule has 0 radical (unpaired) electrons. The van der Waals surface area contributed by atoms with Gasteiger partial charge in [-0.1, -0.05) is 30.3 Å². The molecule has 0 heterocycles. The Morgan fingerprint density at radius 3 is 2.27 bits per heavy atom. The van der Waals surface area contributed by atoms with E-state index in [1.807, 2.05) is 30.3 Å². The summed E-state index contributed by atoms with van der Waals surface area (Å²) < 4.78 is 41.5. The van der Waals surface area contributed by atoms with Crippen molar-refractivity contribution in [3.05, 3.63) is 89.7 Å². The molecule has 0 saturated heterocycles. The van der Waals surface area contributed by atoms with Gasteiger partial charge >= 0.3 is 0 Å². The number of benzene rings is 3. The molecule has 4 N–H and O–H groups in total. The van der Waals surface area contributed by atoms with Crippen molar-refractivity contribution in [1.29, 1.82) is 0 Å². The Morgan fingerprint density at radius 2 is 1.68 bits per heavy atom. The first-order chi connectivity index (χ1) is 17.6. The molecule has 3 aliphatic carbocycles. The molecule has 0 unspecified atom stereocenters. The van der Waals surface area contributed by atoms with E-state index < -0.39 is 45.0 Å². The standard InChI is InChI=1S/C27H26FN3O5S/c28-20-8-6-19(7-9-20)25(33)30-22(12-17-4-2-1-3-5-17)26(34)29-21-10-11-24(23(32)13-21)37(35,36)31-27-14-18(15-27)16-27/h1-11,13,18,22,31-32H,12,14-16H2,(H,29,34)(H,30,33)/t18?,22-,27?/m0/s1. The van der Waals surface area contributed by atoms with E-state index >= 15 is 0 Å². The Kier molecular flexibility index (Phi) is 6.47. The number of nitrogens with one attached hydrogen (secondary N) is 3. The van der Waals surface area contributed by atoms with Gasteiger partial charge in [0, 0.05) is 29.3 Å². The molecule has 6 rings (SSSR count). The Balaban J connectivity index is 1.31. The quantitative estimate of drug-likeness (QED) is 0.343. The summed E-state index contributed by atoms with van der Waals surface area (Å²) in [5.74, 6) is -1.52. The minimum Gasteiger partial charge on any atom is -0.506 e. The van der Waals surface area contributed by atoms with E-state index in [9.17, 15) is 27.5 Å². The highest BCUT2D eigenvalue weighted by Crippen LogP contribution is 2.57. The molecule has 192 valence electrons. The van der Waals surface area contributed by atoms with Gasteiger partial charge in [0.15, 0.2) is 0 Å². The number of carbonyl (C=O) groups excluding carboxylic acids is 2. The summed E-state index contributed by atoms with van der Waals surface area (Å²) in [4.78, 5) is 25.7. The summed E-state index contributed by atoms with van der Waals surface area (Å²) >= 11 is 0. The van der Waals surface area contributed by atoms with Crippen LogP contribution < -0.4 is 15.4 Å². The molecule has 3 aromatic rings. The molecule has 3 fully saturated rings. The van der Waals surface area contributed by atoms with Crippen LogP contribution in [0.5, 0.6) is 5.75 Å². The van der Waals surface area contributed by atoms with Crippen molar-refractivity contribution in [2.75, 3.05) is 5.32 Å². The first-order valence-electron chi connectivity index (χ1n) is 11.9. The second-order valence-electron chi connectivity index (χ2n) is 9.76. The summed E-state index contributed by atoms with van der Waals surface area (Å²) in [5, 5.41) is 15.8. The average Bonchev–Trinajstić information content (AvgIpc) is 2.81. The fraction of sp³-hybridized carbons (Fsp3) is 0.259. The zero-order chi connectivity index (χ0) is 26.2. The summed E-state index contributed by atoms with van der Waals surface area (Å²) in [6, 6.07) is 16.8. The maximum atomic E-state index is 13.3. The van der Waals surface area contributed by atoms with Gasteiger partial charge in [0.05, 0.1) is 0 Å². The van der Waals surface area contributed by atoms with Crippen molar-refractivity contribution in [3.8, 4) is 5.75 Å². The zero-order valence-corrected chi connectivity index (χ0v) is 20.6. The van der Waals surface area contributed by atoms with Crippen LogP contribution in [-0.4, -0.2) is 36.9 Å². The second-order valence-corrected chi connectivity index (χ2v) is 11.4. The van der Waals surface area contributed by atoms with Crippen LogP contribution in [0.15, 0.2) is 77.7 Å². The van der Waals surface area contributed by atoms with Gasteiger partial charge in [-0.2, -0.15) is 0 Å². The number of amides is 2. The summed E-state index contributed by atoms with van der Waals surface area (Å²) in [5.41, 5.74) is 0.763. The van der Waals surface area contributed by atoms with Gasteiger partial charge in [-0.15, -0.1) is 0 Å². The van der Waals surface area contributed by atoms with E-state index in [1.165, 1.54) is 24.3 Å². The van der Waals surface area contributed by atoms with Crippen LogP contribution in [-0.2, 0) is 21.2 Å². The maximum Gasteiger partial charge on any atom is 0.251 e. The normalized spacial score (nSPS) is 20.7. The van der Waals surface area contributed by atoms with Gasteiger partial charge in [0.25, 0.3) is 5.91 Å². The smallest absolute Gasteiger partial charge is 0.251 e. The highest BCUT2D eigenvalue weighted by molar-refractivity contribution is 7.89. The molecule has 0 aromatic heterocycles. The Hall–Kier alpha value is -3.76. The van der Waals surface area contributed by atoms with E-state index in [4.69, 9.17) is 0 Å². The third-order valence-electron chi connectivity index (χ3n) is 6.92. The Bertz CT molecular complexity index is 1430. The van der Waals surface area contributed by atoms with Crippen molar-refractivity contribution in [3.63, 3.8) is 0 Å². The third kappa shape index (κ3) is 5.35. The molecule has 0 spiro atoms. The number of phenolic OH excluding ortho intramolecular Hbond substituents is 1. The van der Waals surface area contributed by atoms with Crippen molar-refractivity contribution in [2.24, 2.45) is 5.92 Å². The van der Waals surface area contributed by atoms with Crippen LogP contribution in [0.3, 0.4) is 0 Å². The predicted molar refractivity (Wildman–Crippen MR) is 135 cm³/mol. The molecule has 2 bridgehead atoms. The number of phenols is 1. The minimum absolute atomic E-state index is 0.168. The number of halogens is 1. The number of hydrogen-bond donors (Lipinski definition) is 4. The van der Waals surface area contributed by atoms with E-state index in [0.29, 0.717) is 5.92 Å². The molecule has 1 atom stereocenters. The number of sulfonamides is 1. The van der Waals surface area contributed by atoms with Crippen LogP contribution in [0.2, 0.25) is 0 Å². The first kappa shape index (κ1) is 24.9. The lowest BCUT2D eigenvalue weighted by atomic mass is 9.50. The maximum absolute atomic E-state index is 13.3. The third-order valence-corrected chi connectivity index (χ3v) is 8.54. The highest BCUT2D eigenvalue weighted by atomic mass is 32.2. The highest BCUT2D eigenvalue weighted by Gasteiger charge is 2.58. The second kappa shape index (κ2) is 9.60. The number of anilines is 1. The van der Waals surface area contributed by atoms with Crippen molar-refractivity contribution in [2.45, 2.75) is 42.2 Å². The summed E-state index contributed by atoms with van der Waals surface area (Å²) in [6.45, 7) is 0. The summed E-state index contributed by atoms with van der Waals surface area (Å²) in [6.07, 6.45) is 2.61. The average molecular weight is 524 g/mol. The van der Waals surface area contributed by atoms with Gasteiger partial charge < -0.3 is 15.7 Å². The first-order valence-corrected chi connectivity index (χ1v) is 13.4. The SMILES string of the molecule is O=C(N[C@@H](Cc1ccccc1)C(=O)Nc1ccc(S(=O)(=O)NC23CC(C2)C3)c(O)c1)c1ccc(F)cc1. The van der Waals surface area contributed by atoms with Gasteiger partial charge in [-0.3, -0.25) is 9.59 Å². The summed E-state index contributed by atoms with van der Waals surface area (Å²) in [7, 11) is -3.92. The van der Waals surface area contributed by atoms with Gasteiger partial charge in [0.1, 0.15) is 22.5 Å². The van der Waals surface area contributed by atoms with Crippen LogP contribution >= 0.6 is 0 Å². The van der Waals surface area contributed by atoms with E-state index in [2.05, 4.69) is 15.4 Å². The van der Waals surface area contributed by atoms with E-state index in [-0.39, 0.29) is 22.6 Å². The lowest BCUT2D eigenvalue weighted by Crippen LogP contribution is -2.67. The minimum atomic E-state index is -3.92. The number of aromatic hydroxyl groups is 1. The molecular formula is C27H26FN3O5S.